The fraction of sp³-hybridized carbons (Fsp3) is 0.667. The highest BCUT2D eigenvalue weighted by molar-refractivity contribution is 5.41. The quantitative estimate of drug-likeness (QED) is 0.885. The van der Waals surface area contributed by atoms with Gasteiger partial charge in [-0.1, -0.05) is 32.9 Å². The summed E-state index contributed by atoms with van der Waals surface area (Å²) in [4.78, 5) is 0. The summed E-state index contributed by atoms with van der Waals surface area (Å²) in [6, 6.07) is 4.55. The molecule has 0 amide bonds. The normalized spacial score (nSPS) is 24.1. The molecule has 1 heterocycles. The summed E-state index contributed by atoms with van der Waals surface area (Å²) in [7, 11) is 0. The number of hydrogen-bond donors (Lipinski definition) is 1. The zero-order valence-electron chi connectivity index (χ0n) is 13.3. The maximum absolute atomic E-state index is 10.9. The molecule has 1 fully saturated rings. The Kier molecular flexibility index (Phi) is 5.22. The highest BCUT2D eigenvalue weighted by Crippen LogP contribution is 2.37. The third-order valence-electron chi connectivity index (χ3n) is 4.72. The first-order valence-corrected chi connectivity index (χ1v) is 8.06. The highest BCUT2D eigenvalue weighted by Gasteiger charge is 2.33. The van der Waals surface area contributed by atoms with Gasteiger partial charge in [0.05, 0.1) is 12.2 Å². The van der Waals surface area contributed by atoms with Crippen LogP contribution < -0.4 is 0 Å². The van der Waals surface area contributed by atoms with Crippen molar-refractivity contribution in [2.24, 2.45) is 5.92 Å². The van der Waals surface area contributed by atoms with Gasteiger partial charge < -0.3 is 9.84 Å². The Morgan fingerprint density at radius 1 is 1.15 bits per heavy atom. The number of aryl methyl sites for hydroxylation is 3. The maximum Gasteiger partial charge on any atom is 0.0849 e. The molecule has 1 aliphatic rings. The molecular formula is C18H28O2. The molecule has 2 heteroatoms. The van der Waals surface area contributed by atoms with Gasteiger partial charge in [0, 0.05) is 12.5 Å². The van der Waals surface area contributed by atoms with Gasteiger partial charge in [0.2, 0.25) is 0 Å². The minimum Gasteiger partial charge on any atom is -0.388 e. The van der Waals surface area contributed by atoms with Gasteiger partial charge in [0.25, 0.3) is 0 Å². The molecule has 2 nitrogen and oxygen atoms in total. The van der Waals surface area contributed by atoms with Gasteiger partial charge in [0.15, 0.2) is 0 Å². The fourth-order valence-electron chi connectivity index (χ4n) is 3.40. The molecule has 1 aromatic rings. The van der Waals surface area contributed by atoms with Crippen molar-refractivity contribution < 1.29 is 9.84 Å². The van der Waals surface area contributed by atoms with Gasteiger partial charge in [-0.05, 0) is 54.9 Å². The van der Waals surface area contributed by atoms with Crippen LogP contribution >= 0.6 is 0 Å². The molecule has 0 aromatic heterocycles. The van der Waals surface area contributed by atoms with E-state index < -0.39 is 0 Å². The van der Waals surface area contributed by atoms with E-state index in [9.17, 15) is 5.11 Å². The van der Waals surface area contributed by atoms with Crippen LogP contribution in [0.3, 0.4) is 0 Å². The van der Waals surface area contributed by atoms with Gasteiger partial charge in [-0.15, -0.1) is 0 Å². The average molecular weight is 276 g/mol. The molecule has 0 bridgehead atoms. The van der Waals surface area contributed by atoms with Crippen molar-refractivity contribution in [1.82, 2.24) is 0 Å². The summed E-state index contributed by atoms with van der Waals surface area (Å²) in [5, 5.41) is 10.9. The van der Waals surface area contributed by atoms with Gasteiger partial charge in [0.1, 0.15) is 0 Å². The zero-order chi connectivity index (χ0) is 14.7. The second-order valence-corrected chi connectivity index (χ2v) is 5.86. The molecule has 0 radical (unpaired) electrons. The molecule has 20 heavy (non-hydrogen) atoms. The first-order valence-electron chi connectivity index (χ1n) is 8.06. The van der Waals surface area contributed by atoms with Crippen LogP contribution in [0.4, 0.5) is 0 Å². The van der Waals surface area contributed by atoms with Gasteiger partial charge in [-0.2, -0.15) is 0 Å². The van der Waals surface area contributed by atoms with E-state index in [2.05, 4.69) is 39.8 Å². The summed E-state index contributed by atoms with van der Waals surface area (Å²) in [6.45, 7) is 9.41. The average Bonchev–Trinajstić information content (AvgIpc) is 2.91. The van der Waals surface area contributed by atoms with Crippen LogP contribution in [0.1, 0.15) is 62.5 Å². The predicted octanol–water partition coefficient (Wildman–Crippen LogP) is 3.83. The summed E-state index contributed by atoms with van der Waals surface area (Å²) in [5.74, 6) is 0.234. The third kappa shape index (κ3) is 2.91. The first-order chi connectivity index (χ1) is 9.62. The Balaban J connectivity index is 2.42. The van der Waals surface area contributed by atoms with E-state index in [1.807, 2.05) is 0 Å². The molecule has 3 unspecified atom stereocenters. The monoisotopic (exact) mass is 276 g/mol. The van der Waals surface area contributed by atoms with E-state index in [4.69, 9.17) is 4.74 Å². The van der Waals surface area contributed by atoms with Crippen LogP contribution in [0.5, 0.6) is 0 Å². The number of hydrogen-bond acceptors (Lipinski definition) is 2. The van der Waals surface area contributed by atoms with Crippen molar-refractivity contribution in [3.8, 4) is 0 Å². The van der Waals surface area contributed by atoms with Crippen molar-refractivity contribution in [2.45, 2.75) is 65.6 Å². The lowest BCUT2D eigenvalue weighted by Crippen LogP contribution is -2.22. The molecule has 2 rings (SSSR count). The third-order valence-corrected chi connectivity index (χ3v) is 4.72. The molecule has 0 aliphatic carbocycles. The van der Waals surface area contributed by atoms with E-state index in [-0.39, 0.29) is 18.1 Å². The summed E-state index contributed by atoms with van der Waals surface area (Å²) in [6.07, 6.45) is 3.75. The molecule has 1 aromatic carbocycles. The van der Waals surface area contributed by atoms with Crippen molar-refractivity contribution >= 4 is 0 Å². The highest BCUT2D eigenvalue weighted by atomic mass is 16.5. The van der Waals surface area contributed by atoms with E-state index in [0.717, 1.165) is 32.3 Å². The van der Waals surface area contributed by atoms with Crippen molar-refractivity contribution in [1.29, 1.82) is 0 Å². The Hall–Kier alpha value is -0.860. The van der Waals surface area contributed by atoms with Crippen molar-refractivity contribution in [3.63, 3.8) is 0 Å². The van der Waals surface area contributed by atoms with Crippen LogP contribution in [0, 0.1) is 5.92 Å². The Bertz CT molecular complexity index is 428. The number of aliphatic hydroxyl groups excluding tert-OH is 1. The van der Waals surface area contributed by atoms with Gasteiger partial charge in [-0.25, -0.2) is 0 Å². The maximum atomic E-state index is 10.9. The van der Waals surface area contributed by atoms with E-state index >= 15 is 0 Å². The van der Waals surface area contributed by atoms with Gasteiger partial charge in [-0.3, -0.25) is 0 Å². The SMILES string of the molecule is CCc1cc(CC)c(C(O)C2CCOC2C)c(CC)c1. The standard InChI is InChI=1S/C18H28O2/c1-5-13-10-14(6-2)17(15(7-3)11-13)18(19)16-8-9-20-12(16)4/h10-12,16,18-19H,5-9H2,1-4H3. The lowest BCUT2D eigenvalue weighted by Gasteiger charge is -2.26. The lowest BCUT2D eigenvalue weighted by atomic mass is 9.83. The molecule has 1 N–H and O–H groups in total. The number of benzene rings is 1. The van der Waals surface area contributed by atoms with Gasteiger partial charge >= 0.3 is 0 Å². The zero-order valence-corrected chi connectivity index (χ0v) is 13.3. The second kappa shape index (κ2) is 6.73. The molecule has 0 spiro atoms. The molecule has 1 saturated heterocycles. The van der Waals surface area contributed by atoms with Crippen LogP contribution in [-0.2, 0) is 24.0 Å². The van der Waals surface area contributed by atoms with Crippen molar-refractivity contribution in [3.05, 3.63) is 34.4 Å². The van der Waals surface area contributed by atoms with Crippen LogP contribution in [0.25, 0.3) is 0 Å². The minimum absolute atomic E-state index is 0.158. The topological polar surface area (TPSA) is 29.5 Å². The number of ether oxygens (including phenoxy) is 1. The van der Waals surface area contributed by atoms with Crippen molar-refractivity contribution in [2.75, 3.05) is 6.61 Å². The van der Waals surface area contributed by atoms with E-state index in [1.54, 1.807) is 0 Å². The Morgan fingerprint density at radius 2 is 1.75 bits per heavy atom. The molecule has 1 aliphatic heterocycles. The van der Waals surface area contributed by atoms with E-state index in [0.29, 0.717) is 0 Å². The predicted molar refractivity (Wildman–Crippen MR) is 83.1 cm³/mol. The molecular weight excluding hydrogens is 248 g/mol. The fourth-order valence-corrected chi connectivity index (χ4v) is 3.40. The van der Waals surface area contributed by atoms with Crippen LogP contribution in [-0.4, -0.2) is 17.8 Å². The van der Waals surface area contributed by atoms with Crippen LogP contribution in [0.2, 0.25) is 0 Å². The summed E-state index contributed by atoms with van der Waals surface area (Å²) >= 11 is 0. The number of rotatable bonds is 5. The Labute approximate surface area is 123 Å². The van der Waals surface area contributed by atoms with Crippen LogP contribution in [0.15, 0.2) is 12.1 Å². The largest absolute Gasteiger partial charge is 0.388 e. The minimum atomic E-state index is -0.386. The molecule has 0 saturated carbocycles. The first kappa shape index (κ1) is 15.5. The molecule has 112 valence electrons. The van der Waals surface area contributed by atoms with E-state index in [1.165, 1.54) is 22.3 Å². The number of aliphatic hydroxyl groups is 1. The lowest BCUT2D eigenvalue weighted by molar-refractivity contribution is 0.0423. The molecule has 3 atom stereocenters. The summed E-state index contributed by atoms with van der Waals surface area (Å²) in [5.41, 5.74) is 5.18. The Morgan fingerprint density at radius 3 is 2.15 bits per heavy atom. The smallest absolute Gasteiger partial charge is 0.0849 e. The summed E-state index contributed by atoms with van der Waals surface area (Å²) < 4.78 is 5.64. The second-order valence-electron chi connectivity index (χ2n) is 5.86.